The molecule has 196 valence electrons. The number of fused-ring (bicyclic) bond motifs is 1. The second-order valence-electron chi connectivity index (χ2n) is 10.2. The van der Waals surface area contributed by atoms with Crippen molar-refractivity contribution in [3.63, 3.8) is 0 Å². The Balaban J connectivity index is 1.88. The molecule has 3 aromatic rings. The third kappa shape index (κ3) is 6.01. The van der Waals surface area contributed by atoms with E-state index in [0.717, 1.165) is 0 Å². The molecule has 0 saturated carbocycles. The standard InChI is InChI=1S/C25H33FIN3O5Si/c1-8-16(35-36(6,7)25(2,3)4)14-34-29-23(31)20-21-17(11-12-33-21)24(32)30(5)22(20)28-19-10-9-15(27)13-18(19)26/h9-13,16,28H,8,14H2,1-7H3,(H,29,31)/t16-/m0/s1. The molecule has 2 N–H and O–H groups in total. The maximum Gasteiger partial charge on any atom is 0.282 e. The number of hydrogen-bond donors (Lipinski definition) is 2. The van der Waals surface area contributed by atoms with Gasteiger partial charge in [0.1, 0.15) is 17.2 Å². The van der Waals surface area contributed by atoms with Crippen LogP contribution in [-0.2, 0) is 16.3 Å². The van der Waals surface area contributed by atoms with Crippen molar-refractivity contribution in [3.05, 3.63) is 55.8 Å². The van der Waals surface area contributed by atoms with Crippen molar-refractivity contribution in [2.45, 2.75) is 58.4 Å². The lowest BCUT2D eigenvalue weighted by Gasteiger charge is -2.39. The van der Waals surface area contributed by atoms with Crippen molar-refractivity contribution < 1.29 is 22.9 Å². The van der Waals surface area contributed by atoms with Gasteiger partial charge in [-0.3, -0.25) is 19.0 Å². The Morgan fingerprint density at radius 3 is 2.58 bits per heavy atom. The zero-order valence-corrected chi connectivity index (χ0v) is 24.8. The molecule has 2 aromatic heterocycles. The van der Waals surface area contributed by atoms with Crippen LogP contribution in [0.2, 0.25) is 18.1 Å². The van der Waals surface area contributed by atoms with Gasteiger partial charge in [-0.2, -0.15) is 0 Å². The number of amides is 1. The lowest BCUT2D eigenvalue weighted by atomic mass is 10.1. The fourth-order valence-corrected chi connectivity index (χ4v) is 5.26. The van der Waals surface area contributed by atoms with Crippen LogP contribution < -0.4 is 16.4 Å². The minimum atomic E-state index is -2.02. The molecule has 0 fully saturated rings. The summed E-state index contributed by atoms with van der Waals surface area (Å²) in [5.74, 6) is -1.08. The van der Waals surface area contributed by atoms with E-state index in [1.807, 2.05) is 29.5 Å². The summed E-state index contributed by atoms with van der Waals surface area (Å²) >= 11 is 2.00. The molecule has 0 aliphatic heterocycles. The Kier molecular flexibility index (Phi) is 8.69. The average molecular weight is 630 g/mol. The number of carbonyl (C=O) groups is 1. The Morgan fingerprint density at radius 1 is 1.28 bits per heavy atom. The number of carbonyl (C=O) groups excluding carboxylic acids is 1. The van der Waals surface area contributed by atoms with Gasteiger partial charge in [-0.25, -0.2) is 9.87 Å². The van der Waals surface area contributed by atoms with E-state index in [-0.39, 0.29) is 45.8 Å². The van der Waals surface area contributed by atoms with Crippen LogP contribution in [-0.4, -0.2) is 31.5 Å². The number of aromatic nitrogens is 1. The second kappa shape index (κ2) is 11.0. The highest BCUT2D eigenvalue weighted by molar-refractivity contribution is 14.1. The van der Waals surface area contributed by atoms with E-state index in [9.17, 15) is 14.0 Å². The van der Waals surface area contributed by atoms with Gasteiger partial charge in [0, 0.05) is 10.6 Å². The van der Waals surface area contributed by atoms with Crippen LogP contribution in [0.1, 0.15) is 44.5 Å². The Morgan fingerprint density at radius 2 is 1.97 bits per heavy atom. The number of rotatable bonds is 9. The Hall–Kier alpha value is -2.22. The number of nitrogens with one attached hydrogen (secondary N) is 2. The van der Waals surface area contributed by atoms with Crippen molar-refractivity contribution in [2.75, 3.05) is 11.9 Å². The van der Waals surface area contributed by atoms with Gasteiger partial charge < -0.3 is 14.2 Å². The molecule has 11 heteroatoms. The molecule has 1 atom stereocenters. The third-order valence-corrected chi connectivity index (χ3v) is 11.8. The fourth-order valence-electron chi connectivity index (χ4n) is 3.38. The largest absolute Gasteiger partial charge is 0.463 e. The van der Waals surface area contributed by atoms with Gasteiger partial charge in [0.05, 0.1) is 30.0 Å². The predicted molar refractivity (Wildman–Crippen MR) is 150 cm³/mol. The summed E-state index contributed by atoms with van der Waals surface area (Å²) in [4.78, 5) is 31.7. The zero-order valence-electron chi connectivity index (χ0n) is 21.6. The number of nitrogens with zero attached hydrogens (tertiary/aromatic N) is 1. The fraction of sp³-hybridized carbons (Fsp3) is 0.440. The summed E-state index contributed by atoms with van der Waals surface area (Å²) in [6.45, 7) is 13.0. The van der Waals surface area contributed by atoms with Crippen molar-refractivity contribution in [3.8, 4) is 0 Å². The molecule has 0 radical (unpaired) electrons. The van der Waals surface area contributed by atoms with Crippen LogP contribution in [0, 0.1) is 9.39 Å². The topological polar surface area (TPSA) is 94.7 Å². The van der Waals surface area contributed by atoms with Crippen LogP contribution in [0.25, 0.3) is 11.0 Å². The van der Waals surface area contributed by atoms with Gasteiger partial charge in [0.2, 0.25) is 0 Å². The van der Waals surface area contributed by atoms with E-state index in [4.69, 9.17) is 13.7 Å². The van der Waals surface area contributed by atoms with Gasteiger partial charge >= 0.3 is 0 Å². The van der Waals surface area contributed by atoms with Crippen molar-refractivity contribution >= 4 is 59.3 Å². The van der Waals surface area contributed by atoms with Gasteiger partial charge in [0.15, 0.2) is 13.9 Å². The predicted octanol–water partition coefficient (Wildman–Crippen LogP) is 6.08. The first-order valence-electron chi connectivity index (χ1n) is 11.7. The number of furan rings is 1. The maximum atomic E-state index is 14.6. The van der Waals surface area contributed by atoms with Crippen LogP contribution in [0.15, 0.2) is 39.7 Å². The van der Waals surface area contributed by atoms with Gasteiger partial charge in [-0.05, 0) is 71.4 Å². The quantitative estimate of drug-likeness (QED) is 0.169. The Bertz CT molecular complexity index is 1320. The van der Waals surface area contributed by atoms with Crippen molar-refractivity contribution in [2.24, 2.45) is 7.05 Å². The number of halogens is 2. The lowest BCUT2D eigenvalue weighted by molar-refractivity contribution is -0.00935. The molecule has 1 amide bonds. The van der Waals surface area contributed by atoms with Crippen LogP contribution in [0.3, 0.4) is 0 Å². The minimum Gasteiger partial charge on any atom is -0.463 e. The summed E-state index contributed by atoms with van der Waals surface area (Å²) in [6, 6.07) is 6.09. The molecule has 36 heavy (non-hydrogen) atoms. The molecule has 0 saturated heterocycles. The first kappa shape index (κ1) is 28.3. The second-order valence-corrected chi connectivity index (χ2v) is 16.2. The van der Waals surface area contributed by atoms with Gasteiger partial charge in [0.25, 0.3) is 11.5 Å². The van der Waals surface area contributed by atoms with Crippen molar-refractivity contribution in [1.82, 2.24) is 10.0 Å². The van der Waals surface area contributed by atoms with Crippen LogP contribution in [0.5, 0.6) is 0 Å². The van der Waals surface area contributed by atoms with E-state index in [1.165, 1.54) is 36.1 Å². The monoisotopic (exact) mass is 629 g/mol. The van der Waals surface area contributed by atoms with Gasteiger partial charge in [-0.15, -0.1) is 0 Å². The molecule has 1 aromatic carbocycles. The average Bonchev–Trinajstić information content (AvgIpc) is 3.27. The van der Waals surface area contributed by atoms with E-state index in [2.05, 4.69) is 44.7 Å². The molecule has 3 rings (SSSR count). The van der Waals surface area contributed by atoms with Crippen molar-refractivity contribution in [1.29, 1.82) is 0 Å². The van der Waals surface area contributed by atoms with E-state index >= 15 is 0 Å². The smallest absolute Gasteiger partial charge is 0.282 e. The molecule has 0 unspecified atom stereocenters. The van der Waals surface area contributed by atoms with Crippen LogP contribution >= 0.6 is 22.6 Å². The number of anilines is 2. The molecular formula is C25H33FIN3O5Si. The summed E-state index contributed by atoms with van der Waals surface area (Å²) < 4.78 is 28.5. The third-order valence-electron chi connectivity index (χ3n) is 6.57. The minimum absolute atomic E-state index is 0.0217. The normalized spacial score (nSPS) is 13.1. The summed E-state index contributed by atoms with van der Waals surface area (Å²) in [5, 5.41) is 3.15. The molecule has 0 spiro atoms. The van der Waals surface area contributed by atoms with E-state index in [0.29, 0.717) is 9.99 Å². The molecular weight excluding hydrogens is 596 g/mol. The Labute approximate surface area is 224 Å². The molecule has 0 bridgehead atoms. The molecule has 0 aliphatic carbocycles. The first-order valence-corrected chi connectivity index (χ1v) is 15.7. The number of hydrogen-bond acceptors (Lipinski definition) is 6. The molecule has 0 aliphatic rings. The maximum absolute atomic E-state index is 14.6. The highest BCUT2D eigenvalue weighted by Crippen LogP contribution is 2.37. The summed E-state index contributed by atoms with van der Waals surface area (Å²) in [5.41, 5.74) is 2.28. The lowest BCUT2D eigenvalue weighted by Crippen LogP contribution is -2.45. The summed E-state index contributed by atoms with van der Waals surface area (Å²) in [7, 11) is -0.525. The van der Waals surface area contributed by atoms with Gasteiger partial charge in [-0.1, -0.05) is 27.7 Å². The van der Waals surface area contributed by atoms with E-state index in [1.54, 1.807) is 6.07 Å². The highest BCUT2D eigenvalue weighted by Gasteiger charge is 2.39. The first-order chi connectivity index (χ1) is 16.8. The highest BCUT2D eigenvalue weighted by atomic mass is 127. The molecule has 2 heterocycles. The number of benzene rings is 1. The van der Waals surface area contributed by atoms with Crippen LogP contribution in [0.4, 0.5) is 15.9 Å². The number of hydroxylamine groups is 1. The molecule has 8 nitrogen and oxygen atoms in total. The number of pyridine rings is 1. The van der Waals surface area contributed by atoms with E-state index < -0.39 is 25.6 Å². The SMILES string of the molecule is CC[C@@H](CONC(=O)c1c(Nc2ccc(I)cc2F)n(C)c(=O)c2ccoc12)O[Si](C)(C)C(C)(C)C. The summed E-state index contributed by atoms with van der Waals surface area (Å²) in [6.07, 6.45) is 1.84. The zero-order chi connectivity index (χ0) is 26.8.